The molecule has 1 saturated heterocycles. The molecule has 1 aromatic rings. The topological polar surface area (TPSA) is 61.4 Å². The van der Waals surface area contributed by atoms with E-state index in [1.165, 1.54) is 12.8 Å². The molecule has 0 spiro atoms. The average Bonchev–Trinajstić information content (AvgIpc) is 3.28. The fourth-order valence-electron chi connectivity index (χ4n) is 2.66. The minimum Gasteiger partial charge on any atom is -0.340 e. The van der Waals surface area contributed by atoms with E-state index in [-0.39, 0.29) is 24.3 Å². The van der Waals surface area contributed by atoms with E-state index in [2.05, 4.69) is 10.6 Å². The summed E-state index contributed by atoms with van der Waals surface area (Å²) in [4.78, 5) is 26.3. The number of amides is 2. The minimum absolute atomic E-state index is 0.0661. The highest BCUT2D eigenvalue weighted by molar-refractivity contribution is 5.95. The van der Waals surface area contributed by atoms with Crippen LogP contribution in [0.5, 0.6) is 0 Å². The van der Waals surface area contributed by atoms with Gasteiger partial charge < -0.3 is 15.5 Å². The van der Waals surface area contributed by atoms with Gasteiger partial charge >= 0.3 is 0 Å². The van der Waals surface area contributed by atoms with Gasteiger partial charge in [0.25, 0.3) is 0 Å². The Hall–Kier alpha value is -1.88. The molecular weight excluding hydrogens is 266 g/mol. The number of nitrogens with zero attached hydrogens (tertiary/aromatic N) is 1. The molecule has 21 heavy (non-hydrogen) atoms. The molecule has 1 aromatic carbocycles. The Morgan fingerprint density at radius 3 is 2.76 bits per heavy atom. The summed E-state index contributed by atoms with van der Waals surface area (Å²) in [5, 5.41) is 5.99. The number of anilines is 1. The molecule has 1 unspecified atom stereocenters. The molecule has 3 rings (SSSR count). The summed E-state index contributed by atoms with van der Waals surface area (Å²) >= 11 is 0. The van der Waals surface area contributed by atoms with Gasteiger partial charge in [0.1, 0.15) is 0 Å². The first kappa shape index (κ1) is 14.1. The summed E-state index contributed by atoms with van der Waals surface area (Å²) in [6, 6.07) is 8.94. The number of nitrogens with one attached hydrogen (secondary N) is 2. The molecule has 5 heteroatoms. The second-order valence-corrected chi connectivity index (χ2v) is 5.85. The van der Waals surface area contributed by atoms with Gasteiger partial charge in [0, 0.05) is 25.3 Å². The molecule has 2 aliphatic rings. The van der Waals surface area contributed by atoms with Crippen LogP contribution in [-0.2, 0) is 9.59 Å². The van der Waals surface area contributed by atoms with Crippen molar-refractivity contribution < 1.29 is 9.59 Å². The van der Waals surface area contributed by atoms with Crippen molar-refractivity contribution in [1.29, 1.82) is 0 Å². The Bertz CT molecular complexity index is 514. The third-order valence-electron chi connectivity index (χ3n) is 4.00. The molecule has 1 saturated carbocycles. The largest absolute Gasteiger partial charge is 0.340 e. The van der Waals surface area contributed by atoms with Gasteiger partial charge in [0.15, 0.2) is 0 Å². The van der Waals surface area contributed by atoms with Gasteiger partial charge in [-0.3, -0.25) is 9.59 Å². The maximum atomic E-state index is 12.4. The maximum Gasteiger partial charge on any atom is 0.240 e. The Kier molecular flexibility index (Phi) is 4.20. The molecule has 1 heterocycles. The lowest BCUT2D eigenvalue weighted by Crippen LogP contribution is -2.56. The number of carbonyl (C=O) groups is 2. The van der Waals surface area contributed by atoms with E-state index in [1.807, 2.05) is 35.2 Å². The van der Waals surface area contributed by atoms with E-state index in [9.17, 15) is 9.59 Å². The van der Waals surface area contributed by atoms with Crippen LogP contribution in [-0.4, -0.2) is 42.4 Å². The average molecular weight is 287 g/mol. The lowest BCUT2D eigenvalue weighted by molar-refractivity contribution is -0.137. The number of hydrogen-bond acceptors (Lipinski definition) is 3. The van der Waals surface area contributed by atoms with Crippen LogP contribution in [0.25, 0.3) is 0 Å². The highest BCUT2D eigenvalue weighted by atomic mass is 16.2. The van der Waals surface area contributed by atoms with Crippen LogP contribution in [0, 0.1) is 5.92 Å². The Morgan fingerprint density at radius 2 is 2.05 bits per heavy atom. The van der Waals surface area contributed by atoms with Crippen LogP contribution in [0.3, 0.4) is 0 Å². The first-order valence-electron chi connectivity index (χ1n) is 7.59. The lowest BCUT2D eigenvalue weighted by Gasteiger charge is -2.33. The Morgan fingerprint density at radius 1 is 1.29 bits per heavy atom. The van der Waals surface area contributed by atoms with E-state index in [0.29, 0.717) is 5.92 Å². The van der Waals surface area contributed by atoms with Gasteiger partial charge in [-0.2, -0.15) is 0 Å². The first-order valence-corrected chi connectivity index (χ1v) is 7.59. The first-order chi connectivity index (χ1) is 10.2. The minimum atomic E-state index is -0.388. The predicted molar refractivity (Wildman–Crippen MR) is 80.8 cm³/mol. The van der Waals surface area contributed by atoms with E-state index in [4.69, 9.17) is 0 Å². The standard InChI is InChI=1S/C16H21N3O2/c20-15(18-13-4-2-1-3-5-13)10-14-16(21)19(9-8-17-14)11-12-6-7-12/h1-5,12,14,17H,6-11H2,(H,18,20). The molecule has 2 fully saturated rings. The van der Waals surface area contributed by atoms with Gasteiger partial charge in [-0.1, -0.05) is 18.2 Å². The summed E-state index contributed by atoms with van der Waals surface area (Å²) in [7, 11) is 0. The summed E-state index contributed by atoms with van der Waals surface area (Å²) in [6.07, 6.45) is 2.65. The third kappa shape index (κ3) is 3.82. The van der Waals surface area contributed by atoms with Crippen molar-refractivity contribution >= 4 is 17.5 Å². The highest BCUT2D eigenvalue weighted by Gasteiger charge is 2.33. The fourth-order valence-corrected chi connectivity index (χ4v) is 2.66. The Labute approximate surface area is 124 Å². The Balaban J connectivity index is 1.53. The second-order valence-electron chi connectivity index (χ2n) is 5.85. The van der Waals surface area contributed by atoms with Crippen molar-refractivity contribution in [3.63, 3.8) is 0 Å². The third-order valence-corrected chi connectivity index (χ3v) is 4.00. The van der Waals surface area contributed by atoms with Gasteiger partial charge in [-0.15, -0.1) is 0 Å². The molecule has 0 aromatic heterocycles. The van der Waals surface area contributed by atoms with Gasteiger partial charge in [0.2, 0.25) is 11.8 Å². The zero-order valence-corrected chi connectivity index (χ0v) is 12.0. The molecule has 1 atom stereocenters. The smallest absolute Gasteiger partial charge is 0.240 e. The monoisotopic (exact) mass is 287 g/mol. The van der Waals surface area contributed by atoms with E-state index < -0.39 is 0 Å². The highest BCUT2D eigenvalue weighted by Crippen LogP contribution is 2.30. The lowest BCUT2D eigenvalue weighted by atomic mass is 10.1. The number of benzene rings is 1. The van der Waals surface area contributed by atoms with Crippen molar-refractivity contribution in [2.24, 2.45) is 5.92 Å². The summed E-state index contributed by atoms with van der Waals surface area (Å²) < 4.78 is 0. The van der Waals surface area contributed by atoms with E-state index in [1.54, 1.807) is 0 Å². The van der Waals surface area contributed by atoms with Gasteiger partial charge in [-0.25, -0.2) is 0 Å². The van der Waals surface area contributed by atoms with E-state index >= 15 is 0 Å². The van der Waals surface area contributed by atoms with Crippen LogP contribution in [0.4, 0.5) is 5.69 Å². The molecule has 1 aliphatic carbocycles. The van der Waals surface area contributed by atoms with Crippen molar-refractivity contribution in [1.82, 2.24) is 10.2 Å². The summed E-state index contributed by atoms with van der Waals surface area (Å²) in [5.41, 5.74) is 0.764. The van der Waals surface area contributed by atoms with Crippen molar-refractivity contribution in [3.05, 3.63) is 30.3 Å². The zero-order chi connectivity index (χ0) is 14.7. The molecule has 0 radical (unpaired) electrons. The SMILES string of the molecule is O=C(CC1NCCN(CC2CC2)C1=O)Nc1ccccc1. The number of para-hydroxylation sites is 1. The van der Waals surface area contributed by atoms with Crippen molar-refractivity contribution in [2.45, 2.75) is 25.3 Å². The van der Waals surface area contributed by atoms with Gasteiger partial charge in [0.05, 0.1) is 12.5 Å². The molecule has 1 aliphatic heterocycles. The molecule has 112 valence electrons. The van der Waals surface area contributed by atoms with Crippen LogP contribution in [0.15, 0.2) is 30.3 Å². The van der Waals surface area contributed by atoms with Crippen molar-refractivity contribution in [3.8, 4) is 0 Å². The van der Waals surface area contributed by atoms with Crippen LogP contribution in [0.2, 0.25) is 0 Å². The van der Waals surface area contributed by atoms with E-state index in [0.717, 1.165) is 25.3 Å². The number of hydrogen-bond donors (Lipinski definition) is 2. The zero-order valence-electron chi connectivity index (χ0n) is 12.0. The van der Waals surface area contributed by atoms with Gasteiger partial charge in [-0.05, 0) is 30.9 Å². The number of piperazine rings is 1. The molecule has 2 amide bonds. The summed E-state index contributed by atoms with van der Waals surface area (Å²) in [5.74, 6) is 0.627. The summed E-state index contributed by atoms with van der Waals surface area (Å²) in [6.45, 7) is 2.38. The molecule has 2 N–H and O–H groups in total. The van der Waals surface area contributed by atoms with Crippen molar-refractivity contribution in [2.75, 3.05) is 25.0 Å². The van der Waals surface area contributed by atoms with Crippen LogP contribution < -0.4 is 10.6 Å². The normalized spacial score (nSPS) is 22.2. The number of carbonyl (C=O) groups excluding carboxylic acids is 2. The predicted octanol–water partition coefficient (Wildman–Crippen LogP) is 1.23. The molecule has 0 bridgehead atoms. The molecule has 5 nitrogen and oxygen atoms in total. The quantitative estimate of drug-likeness (QED) is 0.856. The second kappa shape index (κ2) is 6.26. The molecular formula is C16H21N3O2. The van der Waals surface area contributed by atoms with Crippen LogP contribution >= 0.6 is 0 Å². The number of rotatable bonds is 5. The fraction of sp³-hybridized carbons (Fsp3) is 0.500. The maximum absolute atomic E-state index is 12.4. The van der Waals surface area contributed by atoms with Crippen LogP contribution in [0.1, 0.15) is 19.3 Å².